The van der Waals surface area contributed by atoms with Crippen LogP contribution in [0.3, 0.4) is 0 Å². The first-order valence-corrected chi connectivity index (χ1v) is 9.44. The normalized spacial score (nSPS) is 27.6. The molecule has 0 amide bonds. The molecular formula is C14H23NO3S2. The van der Waals surface area contributed by atoms with Gasteiger partial charge in [0.15, 0.2) is 0 Å². The van der Waals surface area contributed by atoms with Crippen LogP contribution >= 0.6 is 11.3 Å². The predicted molar refractivity (Wildman–Crippen MR) is 81.4 cm³/mol. The predicted octanol–water partition coefficient (Wildman–Crippen LogP) is 2.39. The lowest BCUT2D eigenvalue weighted by Crippen LogP contribution is -2.39. The first kappa shape index (κ1) is 15.9. The molecule has 1 aromatic heterocycles. The third-order valence-electron chi connectivity index (χ3n) is 4.18. The molecule has 114 valence electrons. The van der Waals surface area contributed by atoms with Gasteiger partial charge in [0.05, 0.1) is 0 Å². The summed E-state index contributed by atoms with van der Waals surface area (Å²) in [7, 11) is -3.41. The van der Waals surface area contributed by atoms with E-state index in [1.54, 1.807) is 12.1 Å². The number of rotatable bonds is 5. The molecule has 1 saturated carbocycles. The first-order valence-electron chi connectivity index (χ1n) is 7.14. The fraction of sp³-hybridized carbons (Fsp3) is 0.714. The molecule has 1 fully saturated rings. The Bertz CT molecular complexity index is 538. The number of sulfonamides is 1. The molecule has 1 heterocycles. The van der Waals surface area contributed by atoms with Crippen molar-refractivity contribution in [1.82, 2.24) is 4.72 Å². The zero-order chi connectivity index (χ0) is 14.8. The van der Waals surface area contributed by atoms with Crippen LogP contribution < -0.4 is 4.72 Å². The highest BCUT2D eigenvalue weighted by atomic mass is 32.2. The minimum Gasteiger partial charge on any atom is -0.396 e. The molecule has 20 heavy (non-hydrogen) atoms. The monoisotopic (exact) mass is 317 g/mol. The lowest BCUT2D eigenvalue weighted by molar-refractivity contribution is 0.242. The van der Waals surface area contributed by atoms with Gasteiger partial charge in [-0.1, -0.05) is 13.8 Å². The second-order valence-corrected chi connectivity index (χ2v) is 8.89. The van der Waals surface area contributed by atoms with E-state index in [2.05, 4.69) is 18.6 Å². The van der Waals surface area contributed by atoms with Crippen LogP contribution in [0, 0.1) is 11.8 Å². The van der Waals surface area contributed by atoms with Crippen molar-refractivity contribution in [3.63, 3.8) is 0 Å². The molecule has 2 N–H and O–H groups in total. The van der Waals surface area contributed by atoms with Gasteiger partial charge in [-0.2, -0.15) is 0 Å². The summed E-state index contributed by atoms with van der Waals surface area (Å²) in [5.41, 5.74) is 0. The van der Waals surface area contributed by atoms with Crippen LogP contribution in [0.2, 0.25) is 0 Å². The highest BCUT2D eigenvalue weighted by Crippen LogP contribution is 2.30. The van der Waals surface area contributed by atoms with Gasteiger partial charge in [-0.15, -0.1) is 11.3 Å². The Balaban J connectivity index is 2.03. The SMILES string of the molecule is CC1CCC(NS(=O)(=O)c2ccc(CCO)s2)CC1C. The van der Waals surface area contributed by atoms with Crippen LogP contribution in [0.4, 0.5) is 0 Å². The molecule has 6 heteroatoms. The van der Waals surface area contributed by atoms with Gasteiger partial charge in [0.2, 0.25) is 10.0 Å². The zero-order valence-corrected chi connectivity index (χ0v) is 13.6. The second kappa shape index (κ2) is 6.56. The van der Waals surface area contributed by atoms with E-state index in [0.717, 1.165) is 24.1 Å². The highest BCUT2D eigenvalue weighted by molar-refractivity contribution is 7.91. The summed E-state index contributed by atoms with van der Waals surface area (Å²) in [6.07, 6.45) is 3.42. The number of hydrogen-bond acceptors (Lipinski definition) is 4. The van der Waals surface area contributed by atoms with E-state index < -0.39 is 10.0 Å². The Hall–Kier alpha value is -0.430. The van der Waals surface area contributed by atoms with E-state index in [1.165, 1.54) is 11.3 Å². The van der Waals surface area contributed by atoms with Gasteiger partial charge in [-0.05, 0) is 43.2 Å². The average Bonchev–Trinajstić information content (AvgIpc) is 2.83. The van der Waals surface area contributed by atoms with Gasteiger partial charge in [-0.3, -0.25) is 0 Å². The zero-order valence-electron chi connectivity index (χ0n) is 12.0. The lowest BCUT2D eigenvalue weighted by Gasteiger charge is -2.32. The standard InChI is InChI=1S/C14H23NO3S2/c1-10-3-4-12(9-11(10)2)15-20(17,18)14-6-5-13(19-14)7-8-16/h5-6,10-12,15-16H,3-4,7-9H2,1-2H3. The summed E-state index contributed by atoms with van der Waals surface area (Å²) in [6, 6.07) is 3.46. The van der Waals surface area contributed by atoms with Crippen LogP contribution in [0.15, 0.2) is 16.3 Å². The summed E-state index contributed by atoms with van der Waals surface area (Å²) in [5.74, 6) is 1.23. The van der Waals surface area contributed by atoms with Crippen molar-refractivity contribution in [3.05, 3.63) is 17.0 Å². The lowest BCUT2D eigenvalue weighted by atomic mass is 9.79. The second-order valence-electron chi connectivity index (χ2n) is 5.78. The number of thiophene rings is 1. The minimum absolute atomic E-state index is 0.0471. The maximum absolute atomic E-state index is 12.3. The van der Waals surface area contributed by atoms with Crippen LogP contribution in [0.5, 0.6) is 0 Å². The highest BCUT2D eigenvalue weighted by Gasteiger charge is 2.28. The minimum atomic E-state index is -3.41. The maximum atomic E-state index is 12.3. The molecule has 3 unspecified atom stereocenters. The molecule has 3 atom stereocenters. The smallest absolute Gasteiger partial charge is 0.250 e. The van der Waals surface area contributed by atoms with E-state index in [-0.39, 0.29) is 12.6 Å². The molecule has 2 rings (SSSR count). The third-order valence-corrected chi connectivity index (χ3v) is 7.34. The van der Waals surface area contributed by atoms with Crippen molar-refractivity contribution in [1.29, 1.82) is 0 Å². The van der Waals surface area contributed by atoms with Crippen molar-refractivity contribution in [2.45, 2.75) is 49.8 Å². The van der Waals surface area contributed by atoms with Crippen LogP contribution in [0.25, 0.3) is 0 Å². The molecule has 0 saturated heterocycles. The Morgan fingerprint density at radius 1 is 1.30 bits per heavy atom. The van der Waals surface area contributed by atoms with Gasteiger partial charge in [0.25, 0.3) is 0 Å². The Morgan fingerprint density at radius 3 is 2.70 bits per heavy atom. The fourth-order valence-corrected chi connectivity index (χ4v) is 5.32. The molecule has 0 bridgehead atoms. The maximum Gasteiger partial charge on any atom is 0.250 e. The first-order chi connectivity index (χ1) is 9.42. The third kappa shape index (κ3) is 3.81. The van der Waals surface area contributed by atoms with Crippen LogP contribution in [-0.2, 0) is 16.4 Å². The number of aliphatic hydroxyl groups excluding tert-OH is 1. The Labute approximate surface area is 125 Å². The molecule has 0 spiro atoms. The van der Waals surface area contributed by atoms with E-state index in [9.17, 15) is 8.42 Å². The van der Waals surface area contributed by atoms with Crippen LogP contribution in [-0.4, -0.2) is 26.2 Å². The van der Waals surface area contributed by atoms with Gasteiger partial charge in [-0.25, -0.2) is 13.1 Å². The summed E-state index contributed by atoms with van der Waals surface area (Å²) >= 11 is 1.24. The topological polar surface area (TPSA) is 66.4 Å². The molecule has 0 aromatic carbocycles. The fourth-order valence-electron chi connectivity index (χ4n) is 2.68. The van der Waals surface area contributed by atoms with E-state index in [4.69, 9.17) is 5.11 Å². The Kier molecular flexibility index (Phi) is 5.23. The van der Waals surface area contributed by atoms with E-state index in [0.29, 0.717) is 22.5 Å². The number of aliphatic hydroxyl groups is 1. The van der Waals surface area contributed by atoms with E-state index in [1.807, 2.05) is 0 Å². The van der Waals surface area contributed by atoms with Crippen LogP contribution in [0.1, 0.15) is 38.0 Å². The molecule has 1 aliphatic carbocycles. The van der Waals surface area contributed by atoms with Crippen molar-refractivity contribution in [3.8, 4) is 0 Å². The van der Waals surface area contributed by atoms with Crippen molar-refractivity contribution in [2.24, 2.45) is 11.8 Å². The number of nitrogens with one attached hydrogen (secondary N) is 1. The van der Waals surface area contributed by atoms with Gasteiger partial charge in [0, 0.05) is 23.9 Å². The quantitative estimate of drug-likeness (QED) is 0.876. The van der Waals surface area contributed by atoms with Gasteiger partial charge < -0.3 is 5.11 Å². The molecule has 0 radical (unpaired) electrons. The Morgan fingerprint density at radius 2 is 2.05 bits per heavy atom. The van der Waals surface area contributed by atoms with Crippen molar-refractivity contribution < 1.29 is 13.5 Å². The molecule has 4 nitrogen and oxygen atoms in total. The van der Waals surface area contributed by atoms with Gasteiger partial charge >= 0.3 is 0 Å². The molecule has 1 aliphatic rings. The molecule has 1 aromatic rings. The number of hydrogen-bond donors (Lipinski definition) is 2. The van der Waals surface area contributed by atoms with Crippen molar-refractivity contribution in [2.75, 3.05) is 6.61 Å². The van der Waals surface area contributed by atoms with E-state index >= 15 is 0 Å². The summed E-state index contributed by atoms with van der Waals surface area (Å²) in [6.45, 7) is 4.47. The average molecular weight is 317 g/mol. The van der Waals surface area contributed by atoms with Gasteiger partial charge in [0.1, 0.15) is 4.21 Å². The van der Waals surface area contributed by atoms with Crippen molar-refractivity contribution >= 4 is 21.4 Å². The molecular weight excluding hydrogens is 294 g/mol. The summed E-state index contributed by atoms with van der Waals surface area (Å²) in [5, 5.41) is 8.89. The summed E-state index contributed by atoms with van der Waals surface area (Å²) < 4.78 is 27.9. The molecule has 0 aliphatic heterocycles. The largest absolute Gasteiger partial charge is 0.396 e. The summed E-state index contributed by atoms with van der Waals surface area (Å²) in [4.78, 5) is 0.901.